The normalized spacial score (nSPS) is 14.0. The van der Waals surface area contributed by atoms with Crippen LogP contribution in [0.25, 0.3) is 0 Å². The topological polar surface area (TPSA) is 95.2 Å². The summed E-state index contributed by atoms with van der Waals surface area (Å²) in [4.78, 5) is 21.0. The first-order valence-corrected chi connectivity index (χ1v) is 12.5. The average molecular weight is 511 g/mol. The molecule has 0 saturated heterocycles. The number of rotatable bonds is 6. The van der Waals surface area contributed by atoms with Gasteiger partial charge in [-0.15, -0.1) is 0 Å². The van der Waals surface area contributed by atoms with Crippen LogP contribution in [0.1, 0.15) is 40.5 Å². The number of fused-ring (bicyclic) bond motifs is 1. The van der Waals surface area contributed by atoms with E-state index in [1.165, 1.54) is 11.1 Å². The molecule has 0 radical (unpaired) electrons. The van der Waals surface area contributed by atoms with Crippen LogP contribution in [0.2, 0.25) is 0 Å². The summed E-state index contributed by atoms with van der Waals surface area (Å²) in [5, 5.41) is 2.61. The van der Waals surface area contributed by atoms with Crippen LogP contribution in [0.5, 0.6) is 0 Å². The predicted octanol–water partition coefficient (Wildman–Crippen LogP) is 4.69. The van der Waals surface area contributed by atoms with Gasteiger partial charge < -0.3 is 15.2 Å². The zero-order chi connectivity index (χ0) is 25.4. The second kappa shape index (κ2) is 9.33. The molecule has 4 rings (SSSR count). The lowest BCUT2D eigenvalue weighted by Gasteiger charge is -2.30. The molecular formula is C23H22F4N4O3S. The van der Waals surface area contributed by atoms with E-state index in [-0.39, 0.29) is 28.8 Å². The number of imidazole rings is 1. The summed E-state index contributed by atoms with van der Waals surface area (Å²) >= 11 is 0. The number of carbonyl (C=O) groups is 1. The quantitative estimate of drug-likeness (QED) is 0.469. The molecule has 2 heterocycles. The minimum Gasteiger partial charge on any atom is -0.353 e. The highest BCUT2D eigenvalue weighted by Crippen LogP contribution is 2.34. The molecule has 1 aromatic heterocycles. The zero-order valence-corrected chi connectivity index (χ0v) is 19.4. The average Bonchev–Trinajstić information content (AvgIpc) is 3.30. The van der Waals surface area contributed by atoms with E-state index in [0.717, 1.165) is 23.3 Å². The fourth-order valence-electron chi connectivity index (χ4n) is 3.94. The third kappa shape index (κ3) is 5.16. The minimum atomic E-state index is -4.64. The maximum atomic E-state index is 14.3. The van der Waals surface area contributed by atoms with Crippen molar-refractivity contribution in [2.24, 2.45) is 0 Å². The van der Waals surface area contributed by atoms with Crippen LogP contribution in [0, 0.1) is 5.82 Å². The van der Waals surface area contributed by atoms with Gasteiger partial charge in [0.15, 0.2) is 0 Å². The monoisotopic (exact) mass is 510 g/mol. The van der Waals surface area contributed by atoms with E-state index in [2.05, 4.69) is 15.3 Å². The Morgan fingerprint density at radius 1 is 1.20 bits per heavy atom. The lowest BCUT2D eigenvalue weighted by Crippen LogP contribution is -2.36. The van der Waals surface area contributed by atoms with E-state index >= 15 is 0 Å². The Kier molecular flexibility index (Phi) is 6.58. The number of benzene rings is 2. The fraction of sp³-hybridized carbons (Fsp3) is 0.304. The Labute approximate surface area is 199 Å². The van der Waals surface area contributed by atoms with Crippen molar-refractivity contribution in [3.63, 3.8) is 0 Å². The van der Waals surface area contributed by atoms with Crippen LogP contribution >= 0.6 is 0 Å². The predicted molar refractivity (Wildman–Crippen MR) is 121 cm³/mol. The molecule has 1 aliphatic rings. The summed E-state index contributed by atoms with van der Waals surface area (Å²) in [5.41, 5.74) is 0.932. The third-order valence-electron chi connectivity index (χ3n) is 5.66. The van der Waals surface area contributed by atoms with Crippen LogP contribution < -0.4 is 5.32 Å². The zero-order valence-electron chi connectivity index (χ0n) is 18.6. The first kappa shape index (κ1) is 24.7. The smallest absolute Gasteiger partial charge is 0.353 e. The summed E-state index contributed by atoms with van der Waals surface area (Å²) in [7, 11) is -3.59. The van der Waals surface area contributed by atoms with Crippen LogP contribution in [-0.4, -0.2) is 41.5 Å². The van der Waals surface area contributed by atoms with Gasteiger partial charge in [0.05, 0.1) is 17.0 Å². The number of halogens is 4. The van der Waals surface area contributed by atoms with Crippen LogP contribution in [0.15, 0.2) is 47.8 Å². The second-order valence-corrected chi connectivity index (χ2v) is 10.2. The molecular weight excluding hydrogens is 488 g/mol. The van der Waals surface area contributed by atoms with Gasteiger partial charge in [0.1, 0.15) is 11.5 Å². The number of amides is 1. The Morgan fingerprint density at radius 2 is 1.97 bits per heavy atom. The number of sulfone groups is 1. The second-order valence-electron chi connectivity index (χ2n) is 8.15. The lowest BCUT2D eigenvalue weighted by atomic mass is 9.97. The molecule has 0 unspecified atom stereocenters. The minimum absolute atomic E-state index is 0.00997. The Bertz CT molecular complexity index is 1370. The van der Waals surface area contributed by atoms with E-state index in [9.17, 15) is 30.8 Å². The maximum absolute atomic E-state index is 14.3. The highest BCUT2D eigenvalue weighted by atomic mass is 32.2. The van der Waals surface area contributed by atoms with Crippen molar-refractivity contribution in [2.75, 3.05) is 17.6 Å². The number of carbonyl (C=O) groups excluding carboxylic acids is 1. The number of hydrogen-bond acceptors (Lipinski definition) is 5. The van der Waals surface area contributed by atoms with Gasteiger partial charge in [-0.1, -0.05) is 19.1 Å². The summed E-state index contributed by atoms with van der Waals surface area (Å²) in [6.45, 7) is 2.24. The molecule has 3 aromatic rings. The van der Waals surface area contributed by atoms with Gasteiger partial charge in [0.25, 0.3) is 5.91 Å². The first-order valence-electron chi connectivity index (χ1n) is 10.8. The number of hydrogen-bond donors (Lipinski definition) is 2. The van der Waals surface area contributed by atoms with Crippen molar-refractivity contribution < 1.29 is 30.8 Å². The number of H-pyrrole nitrogens is 1. The van der Waals surface area contributed by atoms with Crippen LogP contribution in [-0.2, 0) is 29.0 Å². The van der Waals surface area contributed by atoms with Gasteiger partial charge in [-0.25, -0.2) is 17.8 Å². The highest BCUT2D eigenvalue weighted by Gasteiger charge is 2.31. The number of aromatic nitrogens is 2. The van der Waals surface area contributed by atoms with E-state index in [4.69, 9.17) is 0 Å². The molecule has 7 nitrogen and oxygen atoms in total. The molecule has 0 spiro atoms. The Hall–Kier alpha value is -3.41. The Balaban J connectivity index is 1.52. The lowest BCUT2D eigenvalue weighted by molar-refractivity contribution is -0.137. The van der Waals surface area contributed by atoms with Crippen molar-refractivity contribution in [3.8, 4) is 0 Å². The Morgan fingerprint density at radius 3 is 2.66 bits per heavy atom. The molecule has 0 aliphatic carbocycles. The molecule has 0 fully saturated rings. The van der Waals surface area contributed by atoms with Gasteiger partial charge in [-0.2, -0.15) is 13.2 Å². The molecule has 0 bridgehead atoms. The largest absolute Gasteiger partial charge is 0.416 e. The summed E-state index contributed by atoms with van der Waals surface area (Å²) in [6, 6.07) is 7.47. The van der Waals surface area contributed by atoms with Gasteiger partial charge in [-0.3, -0.25) is 4.79 Å². The van der Waals surface area contributed by atoms with Crippen molar-refractivity contribution in [3.05, 3.63) is 70.8 Å². The molecule has 2 aromatic carbocycles. The number of nitrogens with one attached hydrogen (secondary N) is 2. The van der Waals surface area contributed by atoms with E-state index < -0.39 is 33.3 Å². The standard InChI is InChI=1S/C23H22F4N4O3S/c1-2-10-35(33,34)22-28-12-20(30-22)21(32)31-9-8-16-14(13-31)4-3-5-18(16)29-19-7-6-15(11-17(19)24)23(25,26)27/h3-7,11-12,29H,2,8-10,13H2,1H3,(H,28,30). The number of alkyl halides is 3. The SMILES string of the molecule is CCCS(=O)(=O)c1nc(C(=O)N2CCc3c(cccc3Nc3ccc(C(F)(F)F)cc3F)C2)c[nH]1. The number of nitrogens with zero attached hydrogens (tertiary/aromatic N) is 2. The molecule has 0 saturated carbocycles. The van der Waals surface area contributed by atoms with E-state index in [1.807, 2.05) is 0 Å². The maximum Gasteiger partial charge on any atom is 0.416 e. The molecule has 1 aliphatic heterocycles. The van der Waals surface area contributed by atoms with Crippen molar-refractivity contribution in [1.29, 1.82) is 0 Å². The van der Waals surface area contributed by atoms with Gasteiger partial charge >= 0.3 is 6.18 Å². The third-order valence-corrected chi connectivity index (χ3v) is 7.40. The van der Waals surface area contributed by atoms with Gasteiger partial charge in [0.2, 0.25) is 15.0 Å². The van der Waals surface area contributed by atoms with Gasteiger partial charge in [-0.05, 0) is 48.2 Å². The first-order chi connectivity index (χ1) is 16.5. The summed E-state index contributed by atoms with van der Waals surface area (Å²) in [6.07, 6.45) is -2.55. The van der Waals surface area contributed by atoms with Crippen molar-refractivity contribution in [1.82, 2.24) is 14.9 Å². The van der Waals surface area contributed by atoms with E-state index in [1.54, 1.807) is 25.1 Å². The highest BCUT2D eigenvalue weighted by molar-refractivity contribution is 7.91. The van der Waals surface area contributed by atoms with Crippen molar-refractivity contribution in [2.45, 2.75) is 37.6 Å². The number of anilines is 2. The van der Waals surface area contributed by atoms with Crippen LogP contribution in [0.3, 0.4) is 0 Å². The molecule has 35 heavy (non-hydrogen) atoms. The molecule has 2 N–H and O–H groups in total. The molecule has 1 amide bonds. The number of aromatic amines is 1. The van der Waals surface area contributed by atoms with Crippen LogP contribution in [0.4, 0.5) is 28.9 Å². The molecule has 12 heteroatoms. The summed E-state index contributed by atoms with van der Waals surface area (Å²) < 4.78 is 77.1. The van der Waals surface area contributed by atoms with Gasteiger partial charge in [0, 0.05) is 25.0 Å². The van der Waals surface area contributed by atoms with E-state index in [0.29, 0.717) is 31.1 Å². The molecule has 0 atom stereocenters. The van der Waals surface area contributed by atoms with Crippen molar-refractivity contribution >= 4 is 27.1 Å². The fourth-order valence-corrected chi connectivity index (χ4v) is 5.14. The summed E-state index contributed by atoms with van der Waals surface area (Å²) in [5.74, 6) is -1.55. The molecule has 186 valence electrons.